The third-order valence-corrected chi connectivity index (χ3v) is 12.1. The van der Waals surface area contributed by atoms with Crippen LogP contribution >= 0.6 is 0 Å². The molecule has 2 aliphatic rings. The highest BCUT2D eigenvalue weighted by molar-refractivity contribution is 5.70. The number of rotatable bonds is 39. The van der Waals surface area contributed by atoms with Crippen molar-refractivity contribution in [1.29, 1.82) is 0 Å². The third-order valence-electron chi connectivity index (χ3n) is 12.1. The van der Waals surface area contributed by atoms with Gasteiger partial charge in [0.2, 0.25) is 0 Å². The molecule has 4 unspecified atom stereocenters. The Bertz CT molecular complexity index is 1290. The van der Waals surface area contributed by atoms with Crippen molar-refractivity contribution in [1.82, 2.24) is 0 Å². The molecule has 0 radical (unpaired) electrons. The van der Waals surface area contributed by atoms with E-state index < -0.39 is 92.7 Å². The predicted molar refractivity (Wildman–Crippen MR) is 252 cm³/mol. The molecule has 0 amide bonds. The zero-order chi connectivity index (χ0) is 48.2. The summed E-state index contributed by atoms with van der Waals surface area (Å²) in [6.07, 6.45) is 23.2. The fourth-order valence-corrected chi connectivity index (χ4v) is 7.82. The Balaban J connectivity index is 1.78. The molecule has 66 heavy (non-hydrogen) atoms. The largest absolute Gasteiger partial charge is 0.462 e. The highest BCUT2D eigenvalue weighted by Crippen LogP contribution is 2.26. The zero-order valence-corrected chi connectivity index (χ0v) is 40.4. The van der Waals surface area contributed by atoms with Crippen LogP contribution in [0.1, 0.15) is 181 Å². The number of aliphatic hydroxyl groups is 7. The SMILES string of the molecule is CCCC/C=C/CCCCCCCC(=O)O[C@@H](COC(=O)CCCCCCCCCCC/C=C/C/C=C/CCCCC)CO[C@@H]1O[C@H](CO[C@@H]2O[C@H](CO)[C@H](O)C(O)C2O)[C@H](O)C(O)C1O. The number of aliphatic hydroxyl groups excluding tert-OH is 7. The molecule has 0 aliphatic carbocycles. The van der Waals surface area contributed by atoms with E-state index in [-0.39, 0.29) is 26.1 Å². The summed E-state index contributed by atoms with van der Waals surface area (Å²) in [6, 6.07) is 0. The summed E-state index contributed by atoms with van der Waals surface area (Å²) in [7, 11) is 0. The first kappa shape index (κ1) is 59.8. The van der Waals surface area contributed by atoms with Gasteiger partial charge in [-0.25, -0.2) is 0 Å². The topological polar surface area (TPSA) is 231 Å². The molecule has 11 atom stereocenters. The molecule has 2 heterocycles. The van der Waals surface area contributed by atoms with Crippen LogP contribution in [0.15, 0.2) is 36.5 Å². The number of esters is 2. The molecule has 0 aromatic heterocycles. The Hall–Kier alpha value is -2.28. The first-order valence-electron chi connectivity index (χ1n) is 25.6. The lowest BCUT2D eigenvalue weighted by molar-refractivity contribution is -0.332. The van der Waals surface area contributed by atoms with Gasteiger partial charge < -0.3 is 64.2 Å². The van der Waals surface area contributed by atoms with Gasteiger partial charge in [0, 0.05) is 12.8 Å². The normalized spacial score (nSPS) is 26.4. The van der Waals surface area contributed by atoms with Gasteiger partial charge >= 0.3 is 11.9 Å². The first-order chi connectivity index (χ1) is 32.0. The average molecular weight is 943 g/mol. The quantitative estimate of drug-likeness (QED) is 0.0188. The molecule has 2 fully saturated rings. The summed E-state index contributed by atoms with van der Waals surface area (Å²) in [5.41, 5.74) is 0. The molecular formula is C51H90O15. The second kappa shape index (κ2) is 38.6. The van der Waals surface area contributed by atoms with Crippen molar-refractivity contribution in [2.75, 3.05) is 26.4 Å². The molecule has 2 rings (SSSR count). The lowest BCUT2D eigenvalue weighted by Gasteiger charge is -2.42. The Kier molecular flexibility index (Phi) is 35.0. The van der Waals surface area contributed by atoms with Crippen LogP contribution in [0.4, 0.5) is 0 Å². The summed E-state index contributed by atoms with van der Waals surface area (Å²) in [4.78, 5) is 25.7. The lowest BCUT2D eigenvalue weighted by Crippen LogP contribution is -2.61. The number of unbranched alkanes of at least 4 members (excludes halogenated alkanes) is 19. The molecular weight excluding hydrogens is 853 g/mol. The van der Waals surface area contributed by atoms with E-state index in [2.05, 4.69) is 50.3 Å². The highest BCUT2D eigenvalue weighted by atomic mass is 16.7. The van der Waals surface area contributed by atoms with Crippen LogP contribution in [0.5, 0.6) is 0 Å². The van der Waals surface area contributed by atoms with Crippen LogP contribution in [0.2, 0.25) is 0 Å². The van der Waals surface area contributed by atoms with Crippen LogP contribution in [0, 0.1) is 0 Å². The monoisotopic (exact) mass is 943 g/mol. The Morgan fingerprint density at radius 2 is 0.924 bits per heavy atom. The maximum Gasteiger partial charge on any atom is 0.306 e. The van der Waals surface area contributed by atoms with Gasteiger partial charge in [0.1, 0.15) is 55.4 Å². The molecule has 15 heteroatoms. The van der Waals surface area contributed by atoms with Crippen molar-refractivity contribution >= 4 is 11.9 Å². The fourth-order valence-electron chi connectivity index (χ4n) is 7.82. The average Bonchev–Trinajstić information content (AvgIpc) is 3.31. The molecule has 0 aromatic rings. The van der Waals surface area contributed by atoms with Gasteiger partial charge in [0.05, 0.1) is 19.8 Å². The van der Waals surface area contributed by atoms with Crippen LogP contribution in [-0.4, -0.2) is 142 Å². The number of hydrogen-bond acceptors (Lipinski definition) is 15. The Morgan fingerprint density at radius 1 is 0.485 bits per heavy atom. The second-order valence-electron chi connectivity index (χ2n) is 18.0. The summed E-state index contributed by atoms with van der Waals surface area (Å²) < 4.78 is 33.5. The molecule has 0 saturated carbocycles. The second-order valence-corrected chi connectivity index (χ2v) is 18.0. The van der Waals surface area contributed by atoms with E-state index in [9.17, 15) is 45.3 Å². The van der Waals surface area contributed by atoms with Crippen LogP contribution in [0.3, 0.4) is 0 Å². The number of carbonyl (C=O) groups is 2. The molecule has 2 saturated heterocycles. The van der Waals surface area contributed by atoms with E-state index in [4.69, 9.17) is 28.4 Å². The van der Waals surface area contributed by atoms with Gasteiger partial charge in [-0.15, -0.1) is 0 Å². The Morgan fingerprint density at radius 3 is 1.47 bits per heavy atom. The van der Waals surface area contributed by atoms with Crippen LogP contribution in [0.25, 0.3) is 0 Å². The van der Waals surface area contributed by atoms with Crippen molar-refractivity contribution in [3.05, 3.63) is 36.5 Å². The smallest absolute Gasteiger partial charge is 0.306 e. The molecule has 384 valence electrons. The summed E-state index contributed by atoms with van der Waals surface area (Å²) >= 11 is 0. The number of allylic oxidation sites excluding steroid dienone is 6. The number of hydrogen-bond donors (Lipinski definition) is 7. The molecule has 7 N–H and O–H groups in total. The van der Waals surface area contributed by atoms with E-state index in [0.29, 0.717) is 12.8 Å². The fraction of sp³-hybridized carbons (Fsp3) is 0.843. The molecule has 2 aliphatic heterocycles. The predicted octanol–water partition coefficient (Wildman–Crippen LogP) is 6.93. The van der Waals surface area contributed by atoms with E-state index >= 15 is 0 Å². The first-order valence-corrected chi connectivity index (χ1v) is 25.6. The minimum atomic E-state index is -1.77. The minimum Gasteiger partial charge on any atom is -0.462 e. The van der Waals surface area contributed by atoms with Crippen molar-refractivity contribution < 1.29 is 73.8 Å². The summed E-state index contributed by atoms with van der Waals surface area (Å²) in [5.74, 6) is -0.940. The van der Waals surface area contributed by atoms with Crippen LogP contribution < -0.4 is 0 Å². The molecule has 0 aromatic carbocycles. The number of carbonyl (C=O) groups excluding carboxylic acids is 2. The van der Waals surface area contributed by atoms with E-state index in [0.717, 1.165) is 70.6 Å². The van der Waals surface area contributed by atoms with Crippen molar-refractivity contribution in [3.8, 4) is 0 Å². The van der Waals surface area contributed by atoms with E-state index in [1.54, 1.807) is 0 Å². The summed E-state index contributed by atoms with van der Waals surface area (Å²) in [5, 5.41) is 72.0. The van der Waals surface area contributed by atoms with Crippen molar-refractivity contribution in [2.24, 2.45) is 0 Å². The van der Waals surface area contributed by atoms with Gasteiger partial charge in [-0.3, -0.25) is 9.59 Å². The van der Waals surface area contributed by atoms with Crippen molar-refractivity contribution in [2.45, 2.75) is 248 Å². The van der Waals surface area contributed by atoms with E-state index in [1.165, 1.54) is 70.6 Å². The van der Waals surface area contributed by atoms with Gasteiger partial charge in [0.15, 0.2) is 18.7 Å². The Labute approximate surface area is 395 Å². The molecule has 0 bridgehead atoms. The third kappa shape index (κ3) is 26.5. The highest BCUT2D eigenvalue weighted by Gasteiger charge is 2.47. The van der Waals surface area contributed by atoms with Gasteiger partial charge in [0.25, 0.3) is 0 Å². The van der Waals surface area contributed by atoms with Crippen LogP contribution in [-0.2, 0) is 38.0 Å². The lowest BCUT2D eigenvalue weighted by atomic mass is 9.98. The molecule has 0 spiro atoms. The van der Waals surface area contributed by atoms with Gasteiger partial charge in [-0.1, -0.05) is 140 Å². The summed E-state index contributed by atoms with van der Waals surface area (Å²) in [6.45, 7) is 2.51. The minimum absolute atomic E-state index is 0.154. The molecule has 15 nitrogen and oxygen atoms in total. The zero-order valence-electron chi connectivity index (χ0n) is 40.4. The van der Waals surface area contributed by atoms with Gasteiger partial charge in [-0.2, -0.15) is 0 Å². The van der Waals surface area contributed by atoms with E-state index in [1.807, 2.05) is 0 Å². The number of ether oxygens (including phenoxy) is 6. The standard InChI is InChI=1S/C51H90O15/c1-3-5-7-9-11-13-15-16-17-18-19-20-21-22-24-25-27-29-31-33-42(53)61-36-39(64-43(54)34-32-30-28-26-23-14-12-10-8-6-4-2)37-62-50-49(60)47(58)45(56)41(66-50)38-63-51-48(59)46(57)44(55)40(35-52)65-51/h10-13,16-17,39-41,44-52,55-60H,3-9,14-15,18-38H2,1-2H3/b12-10+,13-11+,17-16+/t39-,40+,41+,44-,45-,46?,47?,48?,49?,50+,51+/m0/s1. The maximum atomic E-state index is 12.9. The van der Waals surface area contributed by atoms with Gasteiger partial charge in [-0.05, 0) is 64.2 Å². The maximum absolute atomic E-state index is 12.9. The van der Waals surface area contributed by atoms with Crippen molar-refractivity contribution in [3.63, 3.8) is 0 Å².